The topological polar surface area (TPSA) is 57.2 Å². The van der Waals surface area contributed by atoms with E-state index in [0.29, 0.717) is 12.4 Å². The predicted octanol–water partition coefficient (Wildman–Crippen LogP) is 6.04. The molecular formula is C36H41NO5. The highest BCUT2D eigenvalue weighted by molar-refractivity contribution is 5.80. The molecule has 0 N–H and O–H groups in total. The molecule has 1 aliphatic heterocycles. The van der Waals surface area contributed by atoms with E-state index < -0.39 is 5.97 Å². The smallest absolute Gasteiger partial charge is 0.343 e. The van der Waals surface area contributed by atoms with Gasteiger partial charge in [0.05, 0.1) is 26.9 Å². The SMILES string of the molecule is COC(=O)COc1ccc(OC/C=C(\c2ccc(C#CCN3CCOCC3)cc2)c2ccc(C(C)(C)C)cc2)cc1C. The summed E-state index contributed by atoms with van der Waals surface area (Å²) in [4.78, 5) is 13.7. The standard InChI is InChI=1S/C36H41NO5/c1-27-25-32(16-17-34(27)42-26-35(38)39-5)41-22-18-33(30-12-14-31(15-13-30)36(2,3)4)29-10-8-28(9-11-29)7-6-19-37-20-23-40-24-21-37/h8-18,25H,19-24,26H2,1-5H3/b33-18+. The molecule has 6 nitrogen and oxygen atoms in total. The summed E-state index contributed by atoms with van der Waals surface area (Å²) >= 11 is 0. The minimum Gasteiger partial charge on any atom is -0.489 e. The fourth-order valence-electron chi connectivity index (χ4n) is 4.59. The third kappa shape index (κ3) is 8.97. The second-order valence-electron chi connectivity index (χ2n) is 11.3. The Kier molecular flexibility index (Phi) is 10.8. The van der Waals surface area contributed by atoms with Crippen molar-refractivity contribution in [2.24, 2.45) is 0 Å². The van der Waals surface area contributed by atoms with Crippen LogP contribution in [0.4, 0.5) is 0 Å². The summed E-state index contributed by atoms with van der Waals surface area (Å²) in [5.74, 6) is 7.53. The van der Waals surface area contributed by atoms with Gasteiger partial charge >= 0.3 is 5.97 Å². The predicted molar refractivity (Wildman–Crippen MR) is 167 cm³/mol. The number of hydrogen-bond acceptors (Lipinski definition) is 6. The van der Waals surface area contributed by atoms with E-state index in [2.05, 4.69) is 96.9 Å². The van der Waals surface area contributed by atoms with Crippen molar-refractivity contribution < 1.29 is 23.7 Å². The number of rotatable bonds is 9. The number of carbonyl (C=O) groups is 1. The molecule has 0 amide bonds. The average molecular weight is 568 g/mol. The lowest BCUT2D eigenvalue weighted by Crippen LogP contribution is -2.36. The number of ether oxygens (including phenoxy) is 4. The first kappa shape index (κ1) is 30.9. The Morgan fingerprint density at radius 1 is 0.952 bits per heavy atom. The van der Waals surface area contributed by atoms with Crippen LogP contribution in [0.1, 0.15) is 48.6 Å². The van der Waals surface area contributed by atoms with E-state index in [9.17, 15) is 4.79 Å². The molecule has 1 fully saturated rings. The number of hydrogen-bond donors (Lipinski definition) is 0. The normalized spacial score (nSPS) is 14.1. The molecule has 1 heterocycles. The van der Waals surface area contributed by atoms with Crippen LogP contribution in [-0.2, 0) is 19.7 Å². The number of methoxy groups -OCH3 is 1. The number of morpholine rings is 1. The summed E-state index contributed by atoms with van der Waals surface area (Å²) in [5, 5.41) is 0. The molecule has 3 aromatic rings. The maximum atomic E-state index is 11.4. The molecule has 0 aliphatic carbocycles. The summed E-state index contributed by atoms with van der Waals surface area (Å²) in [6, 6.07) is 22.7. The molecule has 3 aromatic carbocycles. The minimum absolute atomic E-state index is 0.0810. The first-order valence-electron chi connectivity index (χ1n) is 14.4. The van der Waals surface area contributed by atoms with Gasteiger partial charge in [0.1, 0.15) is 18.1 Å². The molecule has 0 unspecified atom stereocenters. The van der Waals surface area contributed by atoms with Crippen LogP contribution in [0.5, 0.6) is 11.5 Å². The van der Waals surface area contributed by atoms with Crippen LogP contribution in [0.15, 0.2) is 72.8 Å². The van der Waals surface area contributed by atoms with E-state index in [-0.39, 0.29) is 12.0 Å². The third-order valence-corrected chi connectivity index (χ3v) is 7.15. The van der Waals surface area contributed by atoms with Crippen LogP contribution in [0, 0.1) is 18.8 Å². The monoisotopic (exact) mass is 567 g/mol. The minimum atomic E-state index is -0.420. The van der Waals surface area contributed by atoms with Gasteiger partial charge in [-0.05, 0) is 76.6 Å². The molecule has 0 spiro atoms. The van der Waals surface area contributed by atoms with Gasteiger partial charge in [0, 0.05) is 18.7 Å². The Bertz CT molecular complexity index is 1420. The molecule has 220 valence electrons. The van der Waals surface area contributed by atoms with Crippen LogP contribution in [0.25, 0.3) is 5.57 Å². The quantitative estimate of drug-likeness (QED) is 0.232. The van der Waals surface area contributed by atoms with Crippen LogP contribution in [0.3, 0.4) is 0 Å². The van der Waals surface area contributed by atoms with Gasteiger partial charge in [-0.3, -0.25) is 4.90 Å². The fourth-order valence-corrected chi connectivity index (χ4v) is 4.59. The largest absolute Gasteiger partial charge is 0.489 e. The number of benzene rings is 3. The lowest BCUT2D eigenvalue weighted by atomic mass is 9.85. The zero-order chi connectivity index (χ0) is 30.0. The van der Waals surface area contributed by atoms with E-state index in [1.807, 2.05) is 25.1 Å². The van der Waals surface area contributed by atoms with E-state index in [0.717, 1.165) is 66.4 Å². The highest BCUT2D eigenvalue weighted by Crippen LogP contribution is 2.29. The van der Waals surface area contributed by atoms with Crippen LogP contribution in [0.2, 0.25) is 0 Å². The van der Waals surface area contributed by atoms with Crippen molar-refractivity contribution in [3.8, 4) is 23.3 Å². The van der Waals surface area contributed by atoms with E-state index in [1.165, 1.54) is 12.7 Å². The molecule has 0 bridgehead atoms. The van der Waals surface area contributed by atoms with Crippen molar-refractivity contribution >= 4 is 11.5 Å². The van der Waals surface area contributed by atoms with Crippen molar-refractivity contribution in [3.63, 3.8) is 0 Å². The Morgan fingerprint density at radius 3 is 2.24 bits per heavy atom. The maximum absolute atomic E-state index is 11.4. The fraction of sp³-hybridized carbons (Fsp3) is 0.361. The third-order valence-electron chi connectivity index (χ3n) is 7.15. The summed E-state index contributed by atoms with van der Waals surface area (Å²) in [7, 11) is 1.34. The molecule has 4 rings (SSSR count). The van der Waals surface area contributed by atoms with Crippen LogP contribution >= 0.6 is 0 Å². The van der Waals surface area contributed by atoms with Gasteiger partial charge in [-0.15, -0.1) is 0 Å². The van der Waals surface area contributed by atoms with Gasteiger partial charge in [0.25, 0.3) is 0 Å². The summed E-state index contributed by atoms with van der Waals surface area (Å²) in [6.45, 7) is 13.0. The zero-order valence-electron chi connectivity index (χ0n) is 25.4. The lowest BCUT2D eigenvalue weighted by molar-refractivity contribution is -0.142. The first-order valence-corrected chi connectivity index (χ1v) is 14.4. The second-order valence-corrected chi connectivity index (χ2v) is 11.3. The highest BCUT2D eigenvalue weighted by atomic mass is 16.6. The molecule has 0 aromatic heterocycles. The molecule has 1 aliphatic rings. The Morgan fingerprint density at radius 2 is 1.62 bits per heavy atom. The van der Waals surface area contributed by atoms with Gasteiger partial charge in [-0.25, -0.2) is 4.79 Å². The van der Waals surface area contributed by atoms with Crippen molar-refractivity contribution in [1.82, 2.24) is 4.90 Å². The Hall–Kier alpha value is -4.05. The molecule has 42 heavy (non-hydrogen) atoms. The lowest BCUT2D eigenvalue weighted by Gasteiger charge is -2.24. The number of nitrogens with zero attached hydrogens (tertiary/aromatic N) is 1. The van der Waals surface area contributed by atoms with Gasteiger partial charge in [-0.1, -0.05) is 69.0 Å². The first-order chi connectivity index (χ1) is 20.2. The van der Waals surface area contributed by atoms with E-state index >= 15 is 0 Å². The summed E-state index contributed by atoms with van der Waals surface area (Å²) < 4.78 is 21.7. The van der Waals surface area contributed by atoms with Gasteiger partial charge in [0.2, 0.25) is 0 Å². The molecule has 6 heteroatoms. The van der Waals surface area contributed by atoms with Crippen molar-refractivity contribution in [2.45, 2.75) is 33.1 Å². The van der Waals surface area contributed by atoms with Crippen LogP contribution < -0.4 is 9.47 Å². The Balaban J connectivity index is 1.50. The van der Waals surface area contributed by atoms with Crippen LogP contribution in [-0.4, -0.2) is 64.0 Å². The Labute approximate surface area is 250 Å². The van der Waals surface area contributed by atoms with Gasteiger partial charge in [0.15, 0.2) is 6.61 Å². The van der Waals surface area contributed by atoms with E-state index in [1.54, 1.807) is 0 Å². The molecule has 0 saturated carbocycles. The van der Waals surface area contributed by atoms with Gasteiger partial charge in [-0.2, -0.15) is 0 Å². The number of esters is 1. The molecule has 0 radical (unpaired) electrons. The number of aryl methyl sites for hydroxylation is 1. The van der Waals surface area contributed by atoms with Gasteiger partial charge < -0.3 is 18.9 Å². The number of carbonyl (C=O) groups excluding carboxylic acids is 1. The van der Waals surface area contributed by atoms with E-state index in [4.69, 9.17) is 14.2 Å². The maximum Gasteiger partial charge on any atom is 0.343 e. The van der Waals surface area contributed by atoms with Crippen molar-refractivity contribution in [2.75, 3.05) is 53.2 Å². The second kappa shape index (κ2) is 14.7. The molecule has 0 atom stereocenters. The summed E-state index contributed by atoms with van der Waals surface area (Å²) in [5.41, 5.74) is 6.57. The summed E-state index contributed by atoms with van der Waals surface area (Å²) in [6.07, 6.45) is 2.11. The average Bonchev–Trinajstić information content (AvgIpc) is 2.99. The van der Waals surface area contributed by atoms with Crippen molar-refractivity contribution in [3.05, 3.63) is 101 Å². The molecule has 1 saturated heterocycles. The molecular weight excluding hydrogens is 526 g/mol. The van der Waals surface area contributed by atoms with Crippen molar-refractivity contribution in [1.29, 1.82) is 0 Å². The zero-order valence-corrected chi connectivity index (χ0v) is 25.4. The highest BCUT2D eigenvalue weighted by Gasteiger charge is 2.14.